The Kier molecular flexibility index (Phi) is 4.20. The van der Waals surface area contributed by atoms with Crippen LogP contribution in [0.25, 0.3) is 0 Å². The van der Waals surface area contributed by atoms with E-state index in [0.717, 1.165) is 9.37 Å². The molecule has 1 aromatic carbocycles. The molecule has 1 saturated heterocycles. The van der Waals surface area contributed by atoms with E-state index in [4.69, 9.17) is 0 Å². The maximum absolute atomic E-state index is 12.1. The molecule has 2 heterocycles. The first kappa shape index (κ1) is 15.4. The molecule has 0 aliphatic carbocycles. The Hall–Kier alpha value is -2.54. The van der Waals surface area contributed by atoms with Crippen LogP contribution in [0.2, 0.25) is 0 Å². The van der Waals surface area contributed by atoms with Crippen molar-refractivity contribution in [3.8, 4) is 0 Å². The molecule has 0 unspecified atom stereocenters. The minimum Gasteiger partial charge on any atom is -0.307 e. The fourth-order valence-electron chi connectivity index (χ4n) is 2.26. The second-order valence-electron chi connectivity index (χ2n) is 4.99. The molecule has 116 valence electrons. The van der Waals surface area contributed by atoms with Crippen molar-refractivity contribution in [2.45, 2.75) is 12.8 Å². The van der Waals surface area contributed by atoms with Gasteiger partial charge in [-0.05, 0) is 52.3 Å². The summed E-state index contributed by atoms with van der Waals surface area (Å²) in [5.41, 5.74) is 0.897. The Balaban J connectivity index is 1.74. The van der Waals surface area contributed by atoms with E-state index in [9.17, 15) is 14.4 Å². The predicted molar refractivity (Wildman–Crippen MR) is 88.1 cm³/mol. The number of carbonyl (C=O) groups excluding carboxylic acids is 3. The number of aromatic nitrogens is 1. The van der Waals surface area contributed by atoms with E-state index in [1.54, 1.807) is 42.6 Å². The highest BCUT2D eigenvalue weighted by Crippen LogP contribution is 2.23. The van der Waals surface area contributed by atoms with Gasteiger partial charge in [-0.25, -0.2) is 4.98 Å². The third kappa shape index (κ3) is 3.29. The van der Waals surface area contributed by atoms with Crippen LogP contribution in [0.15, 0.2) is 47.1 Å². The van der Waals surface area contributed by atoms with Crippen LogP contribution in [0.5, 0.6) is 0 Å². The van der Waals surface area contributed by atoms with E-state index in [1.807, 2.05) is 0 Å². The van der Waals surface area contributed by atoms with Crippen LogP contribution in [-0.4, -0.2) is 22.7 Å². The number of rotatable bonds is 3. The summed E-state index contributed by atoms with van der Waals surface area (Å²) in [7, 11) is 0. The number of hydrogen-bond acceptors (Lipinski definition) is 4. The maximum atomic E-state index is 12.1. The number of imide groups is 1. The number of hydrogen-bond donors (Lipinski definition) is 1. The van der Waals surface area contributed by atoms with Crippen LogP contribution < -0.4 is 10.2 Å². The van der Waals surface area contributed by atoms with Gasteiger partial charge in [0.1, 0.15) is 5.82 Å². The number of halogens is 1. The molecule has 3 rings (SSSR count). The second kappa shape index (κ2) is 6.29. The van der Waals surface area contributed by atoms with Gasteiger partial charge in [-0.3, -0.25) is 19.3 Å². The lowest BCUT2D eigenvalue weighted by Crippen LogP contribution is -2.28. The fraction of sp³-hybridized carbons (Fsp3) is 0.125. The largest absolute Gasteiger partial charge is 0.307 e. The third-order valence-corrected chi connectivity index (χ3v) is 3.88. The molecular formula is C16H12BrN3O3. The van der Waals surface area contributed by atoms with Crippen LogP contribution in [0, 0.1) is 0 Å². The summed E-state index contributed by atoms with van der Waals surface area (Å²) >= 11 is 3.27. The minimum absolute atomic E-state index is 0.216. The van der Waals surface area contributed by atoms with E-state index < -0.39 is 0 Å². The first-order valence-corrected chi connectivity index (χ1v) is 7.72. The summed E-state index contributed by atoms with van der Waals surface area (Å²) in [4.78, 5) is 40.7. The average Bonchev–Trinajstić information content (AvgIpc) is 2.88. The lowest BCUT2D eigenvalue weighted by Gasteiger charge is -2.14. The molecule has 0 bridgehead atoms. The van der Waals surface area contributed by atoms with Crippen LogP contribution in [0.4, 0.5) is 11.5 Å². The van der Waals surface area contributed by atoms with Crippen LogP contribution in [-0.2, 0) is 9.59 Å². The monoisotopic (exact) mass is 373 g/mol. The third-order valence-electron chi connectivity index (χ3n) is 3.41. The molecule has 0 spiro atoms. The zero-order chi connectivity index (χ0) is 16.4. The minimum atomic E-state index is -0.314. The summed E-state index contributed by atoms with van der Waals surface area (Å²) in [6, 6.07) is 9.77. The van der Waals surface area contributed by atoms with Crippen molar-refractivity contribution in [3.63, 3.8) is 0 Å². The molecule has 0 saturated carbocycles. The van der Waals surface area contributed by atoms with E-state index in [-0.39, 0.29) is 30.6 Å². The lowest BCUT2D eigenvalue weighted by atomic mass is 10.2. The highest BCUT2D eigenvalue weighted by atomic mass is 79.9. The van der Waals surface area contributed by atoms with E-state index in [0.29, 0.717) is 17.1 Å². The number of benzene rings is 1. The smallest absolute Gasteiger partial charge is 0.256 e. The molecule has 1 fully saturated rings. The molecule has 1 aliphatic heterocycles. The SMILES string of the molecule is O=C(Nc1ccc(Br)cn1)c1ccc(N2C(=O)CCC2=O)cc1. The highest BCUT2D eigenvalue weighted by Gasteiger charge is 2.30. The highest BCUT2D eigenvalue weighted by molar-refractivity contribution is 9.10. The van der Waals surface area contributed by atoms with Gasteiger partial charge in [0.2, 0.25) is 11.8 Å². The zero-order valence-corrected chi connectivity index (χ0v) is 13.5. The number of amides is 3. The molecule has 1 N–H and O–H groups in total. The van der Waals surface area contributed by atoms with Crippen molar-refractivity contribution < 1.29 is 14.4 Å². The summed E-state index contributed by atoms with van der Waals surface area (Å²) in [5.74, 6) is -0.310. The maximum Gasteiger partial charge on any atom is 0.256 e. The van der Waals surface area contributed by atoms with Crippen LogP contribution in [0.1, 0.15) is 23.2 Å². The second-order valence-corrected chi connectivity index (χ2v) is 5.90. The fourth-order valence-corrected chi connectivity index (χ4v) is 2.50. The Bertz CT molecular complexity index is 756. The van der Waals surface area contributed by atoms with Gasteiger partial charge in [-0.1, -0.05) is 0 Å². The first-order chi connectivity index (χ1) is 11.0. The van der Waals surface area contributed by atoms with Gasteiger partial charge in [-0.15, -0.1) is 0 Å². The quantitative estimate of drug-likeness (QED) is 0.838. The van der Waals surface area contributed by atoms with Gasteiger partial charge in [-0.2, -0.15) is 0 Å². The molecule has 2 aromatic rings. The standard InChI is InChI=1S/C16H12BrN3O3/c17-11-3-6-13(18-9-11)19-16(23)10-1-4-12(5-2-10)20-14(21)7-8-15(20)22/h1-6,9H,7-8H2,(H,18,19,23). The Morgan fingerprint density at radius 3 is 2.26 bits per heavy atom. The van der Waals surface area contributed by atoms with E-state index in [1.165, 1.54) is 0 Å². The number of pyridine rings is 1. The van der Waals surface area contributed by atoms with Gasteiger partial charge in [0, 0.05) is 29.1 Å². The number of anilines is 2. The van der Waals surface area contributed by atoms with Gasteiger partial charge in [0.05, 0.1) is 5.69 Å². The number of nitrogens with one attached hydrogen (secondary N) is 1. The lowest BCUT2D eigenvalue weighted by molar-refractivity contribution is -0.121. The predicted octanol–water partition coefficient (Wildman–Crippen LogP) is 2.75. The molecule has 23 heavy (non-hydrogen) atoms. The number of nitrogens with zero attached hydrogens (tertiary/aromatic N) is 2. The Labute approximate surface area is 140 Å². The molecule has 0 radical (unpaired) electrons. The molecular weight excluding hydrogens is 362 g/mol. The van der Waals surface area contributed by atoms with Gasteiger partial charge in [0.25, 0.3) is 5.91 Å². The Morgan fingerprint density at radius 2 is 1.70 bits per heavy atom. The van der Waals surface area contributed by atoms with Crippen molar-refractivity contribution >= 4 is 45.2 Å². The van der Waals surface area contributed by atoms with Crippen molar-refractivity contribution in [2.24, 2.45) is 0 Å². The molecule has 0 atom stereocenters. The van der Waals surface area contributed by atoms with Gasteiger partial charge in [0.15, 0.2) is 0 Å². The van der Waals surface area contributed by atoms with Crippen LogP contribution in [0.3, 0.4) is 0 Å². The van der Waals surface area contributed by atoms with E-state index >= 15 is 0 Å². The van der Waals surface area contributed by atoms with Gasteiger partial charge < -0.3 is 5.32 Å². The van der Waals surface area contributed by atoms with Crippen molar-refractivity contribution in [1.29, 1.82) is 0 Å². The van der Waals surface area contributed by atoms with Crippen molar-refractivity contribution in [2.75, 3.05) is 10.2 Å². The molecule has 1 aliphatic rings. The summed E-state index contributed by atoms with van der Waals surface area (Å²) in [6.45, 7) is 0. The normalized spacial score (nSPS) is 14.2. The summed E-state index contributed by atoms with van der Waals surface area (Å²) < 4.78 is 0.819. The molecule has 6 nitrogen and oxygen atoms in total. The zero-order valence-electron chi connectivity index (χ0n) is 12.0. The summed E-state index contributed by atoms with van der Waals surface area (Å²) in [5, 5.41) is 2.67. The molecule has 1 aromatic heterocycles. The van der Waals surface area contributed by atoms with Crippen molar-refractivity contribution in [3.05, 3.63) is 52.6 Å². The molecule has 3 amide bonds. The van der Waals surface area contributed by atoms with Crippen LogP contribution >= 0.6 is 15.9 Å². The first-order valence-electron chi connectivity index (χ1n) is 6.93. The summed E-state index contributed by atoms with van der Waals surface area (Å²) in [6.07, 6.45) is 2.05. The topological polar surface area (TPSA) is 79.4 Å². The Morgan fingerprint density at radius 1 is 1.04 bits per heavy atom. The van der Waals surface area contributed by atoms with Crippen molar-refractivity contribution in [1.82, 2.24) is 4.98 Å². The molecule has 7 heteroatoms. The number of carbonyl (C=O) groups is 3. The average molecular weight is 374 g/mol. The van der Waals surface area contributed by atoms with Gasteiger partial charge >= 0.3 is 0 Å². The van der Waals surface area contributed by atoms with E-state index in [2.05, 4.69) is 26.2 Å².